The van der Waals surface area contributed by atoms with Gasteiger partial charge in [0, 0.05) is 63.0 Å². The van der Waals surface area contributed by atoms with Crippen molar-refractivity contribution in [1.82, 2.24) is 14.8 Å². The molecule has 7 nitrogen and oxygen atoms in total. The predicted molar refractivity (Wildman–Crippen MR) is 98.9 cm³/mol. The van der Waals surface area contributed by atoms with Crippen LogP contribution in [0, 0.1) is 11.8 Å². The molecule has 1 aromatic heterocycles. The minimum absolute atomic E-state index is 0.0264. The highest BCUT2D eigenvalue weighted by molar-refractivity contribution is 5.79. The lowest BCUT2D eigenvalue weighted by Gasteiger charge is -2.57. The lowest BCUT2D eigenvalue weighted by atomic mass is 9.66. The van der Waals surface area contributed by atoms with Crippen LogP contribution in [0.3, 0.4) is 0 Å². The van der Waals surface area contributed by atoms with Crippen molar-refractivity contribution < 1.29 is 19.4 Å². The van der Waals surface area contributed by atoms with Crippen LogP contribution in [0.15, 0.2) is 24.5 Å². The fourth-order valence-corrected chi connectivity index (χ4v) is 4.93. The van der Waals surface area contributed by atoms with Crippen molar-refractivity contribution >= 4 is 5.91 Å². The lowest BCUT2D eigenvalue weighted by Crippen LogP contribution is -2.69. The van der Waals surface area contributed by atoms with E-state index in [1.165, 1.54) is 0 Å². The quantitative estimate of drug-likeness (QED) is 0.827. The summed E-state index contributed by atoms with van der Waals surface area (Å²) < 4.78 is 11.3. The zero-order valence-electron chi connectivity index (χ0n) is 15.9. The number of ether oxygens (including phenoxy) is 2. The number of amides is 1. The minimum Gasteiger partial charge on any atom is -0.389 e. The van der Waals surface area contributed by atoms with Crippen molar-refractivity contribution in [3.8, 4) is 0 Å². The van der Waals surface area contributed by atoms with E-state index in [2.05, 4.69) is 4.98 Å². The van der Waals surface area contributed by atoms with E-state index in [9.17, 15) is 9.90 Å². The number of hydrogen-bond donors (Lipinski definition) is 1. The second-order valence-corrected chi connectivity index (χ2v) is 8.13. The van der Waals surface area contributed by atoms with Gasteiger partial charge in [0.2, 0.25) is 5.91 Å². The van der Waals surface area contributed by atoms with Crippen molar-refractivity contribution in [2.24, 2.45) is 11.8 Å². The Kier molecular flexibility index (Phi) is 5.45. The summed E-state index contributed by atoms with van der Waals surface area (Å²) >= 11 is 0. The molecule has 3 saturated heterocycles. The van der Waals surface area contributed by atoms with Gasteiger partial charge in [-0.1, -0.05) is 6.07 Å². The average molecular weight is 375 g/mol. The van der Waals surface area contributed by atoms with Crippen LogP contribution in [-0.4, -0.2) is 84.0 Å². The first-order valence-electron chi connectivity index (χ1n) is 9.82. The highest BCUT2D eigenvalue weighted by Gasteiger charge is 2.56. The summed E-state index contributed by atoms with van der Waals surface area (Å²) in [5.74, 6) is 0.0502. The Hall–Kier alpha value is -1.54. The molecular formula is C20H29N3O4. The van der Waals surface area contributed by atoms with Gasteiger partial charge in [-0.2, -0.15) is 0 Å². The SMILES string of the molecule is CN(CC(=O)N1C[C@H]2COCC[C@@]2(O)[C@@H]2COCC[C@@H]21)Cc1cccnc1. The molecular weight excluding hydrogens is 346 g/mol. The van der Waals surface area contributed by atoms with E-state index in [-0.39, 0.29) is 23.8 Å². The number of rotatable bonds is 4. The molecule has 3 fully saturated rings. The van der Waals surface area contributed by atoms with Crippen LogP contribution in [-0.2, 0) is 20.8 Å². The van der Waals surface area contributed by atoms with E-state index in [0.29, 0.717) is 52.5 Å². The minimum atomic E-state index is -0.776. The Bertz CT molecular complexity index is 658. The third kappa shape index (κ3) is 3.74. The first-order valence-corrected chi connectivity index (χ1v) is 9.82. The van der Waals surface area contributed by atoms with Crippen LogP contribution >= 0.6 is 0 Å². The summed E-state index contributed by atoms with van der Waals surface area (Å²) in [6.07, 6.45) is 5.00. The summed E-state index contributed by atoms with van der Waals surface area (Å²) in [6.45, 7) is 3.86. The van der Waals surface area contributed by atoms with Crippen molar-refractivity contribution in [3.05, 3.63) is 30.1 Å². The molecule has 0 aromatic carbocycles. The van der Waals surface area contributed by atoms with Gasteiger partial charge in [-0.25, -0.2) is 0 Å². The van der Waals surface area contributed by atoms with Crippen LogP contribution in [0.2, 0.25) is 0 Å². The molecule has 148 valence electrons. The molecule has 0 aliphatic carbocycles. The van der Waals surface area contributed by atoms with Crippen molar-refractivity contribution in [2.45, 2.75) is 31.0 Å². The molecule has 1 N–H and O–H groups in total. The fraction of sp³-hybridized carbons (Fsp3) is 0.700. The zero-order valence-corrected chi connectivity index (χ0v) is 15.9. The van der Waals surface area contributed by atoms with Gasteiger partial charge in [0.05, 0.1) is 25.4 Å². The lowest BCUT2D eigenvalue weighted by molar-refractivity contribution is -0.219. The number of hydrogen-bond acceptors (Lipinski definition) is 6. The van der Waals surface area contributed by atoms with Crippen molar-refractivity contribution in [2.75, 3.05) is 46.6 Å². The van der Waals surface area contributed by atoms with Gasteiger partial charge in [0.1, 0.15) is 0 Å². The van der Waals surface area contributed by atoms with Crippen molar-refractivity contribution in [1.29, 1.82) is 0 Å². The average Bonchev–Trinajstić information content (AvgIpc) is 2.68. The molecule has 0 radical (unpaired) electrons. The molecule has 1 aromatic rings. The number of likely N-dealkylation sites (tertiary alicyclic amines) is 1. The van der Waals surface area contributed by atoms with Gasteiger partial charge in [0.15, 0.2) is 0 Å². The van der Waals surface area contributed by atoms with Crippen LogP contribution < -0.4 is 0 Å². The number of likely N-dealkylation sites (N-methyl/N-ethyl adjacent to an activating group) is 1. The number of pyridine rings is 1. The topological polar surface area (TPSA) is 75.1 Å². The maximum Gasteiger partial charge on any atom is 0.237 e. The van der Waals surface area contributed by atoms with Gasteiger partial charge >= 0.3 is 0 Å². The summed E-state index contributed by atoms with van der Waals surface area (Å²) in [7, 11) is 1.95. The van der Waals surface area contributed by atoms with E-state index >= 15 is 0 Å². The molecule has 0 spiro atoms. The Labute approximate surface area is 160 Å². The molecule has 27 heavy (non-hydrogen) atoms. The van der Waals surface area contributed by atoms with Gasteiger partial charge in [-0.3, -0.25) is 14.7 Å². The second kappa shape index (κ2) is 7.83. The van der Waals surface area contributed by atoms with Gasteiger partial charge in [-0.05, 0) is 25.1 Å². The third-order valence-corrected chi connectivity index (χ3v) is 6.35. The molecule has 4 rings (SSSR count). The normalized spacial score (nSPS) is 33.4. The number of fused-ring (bicyclic) bond motifs is 3. The van der Waals surface area contributed by atoms with E-state index in [1.807, 2.05) is 35.2 Å². The molecule has 1 amide bonds. The van der Waals surface area contributed by atoms with E-state index in [1.54, 1.807) is 6.20 Å². The Morgan fingerprint density at radius 3 is 3.07 bits per heavy atom. The van der Waals surface area contributed by atoms with Crippen LogP contribution in [0.25, 0.3) is 0 Å². The fourth-order valence-electron chi connectivity index (χ4n) is 4.93. The highest BCUT2D eigenvalue weighted by Crippen LogP contribution is 2.44. The van der Waals surface area contributed by atoms with Crippen molar-refractivity contribution in [3.63, 3.8) is 0 Å². The molecule has 7 heteroatoms. The van der Waals surface area contributed by atoms with Gasteiger partial charge in [0.25, 0.3) is 0 Å². The maximum atomic E-state index is 13.1. The predicted octanol–water partition coefficient (Wildman–Crippen LogP) is 0.528. The molecule has 4 atom stereocenters. The summed E-state index contributed by atoms with van der Waals surface area (Å²) in [4.78, 5) is 21.3. The highest BCUT2D eigenvalue weighted by atomic mass is 16.5. The number of aromatic nitrogens is 1. The molecule has 3 aliphatic rings. The molecule has 0 unspecified atom stereocenters. The third-order valence-electron chi connectivity index (χ3n) is 6.35. The Morgan fingerprint density at radius 2 is 2.26 bits per heavy atom. The zero-order chi connectivity index (χ0) is 18.9. The van der Waals surface area contributed by atoms with E-state index in [0.717, 1.165) is 12.0 Å². The maximum absolute atomic E-state index is 13.1. The smallest absolute Gasteiger partial charge is 0.237 e. The Balaban J connectivity index is 1.46. The number of carbonyl (C=O) groups is 1. The van der Waals surface area contributed by atoms with Gasteiger partial charge < -0.3 is 19.5 Å². The number of piperidine rings is 1. The first-order chi connectivity index (χ1) is 13.1. The van der Waals surface area contributed by atoms with E-state index < -0.39 is 5.60 Å². The largest absolute Gasteiger partial charge is 0.389 e. The van der Waals surface area contributed by atoms with Gasteiger partial charge in [-0.15, -0.1) is 0 Å². The van der Waals surface area contributed by atoms with E-state index in [4.69, 9.17) is 9.47 Å². The molecule has 4 heterocycles. The van der Waals surface area contributed by atoms with Crippen LogP contribution in [0.1, 0.15) is 18.4 Å². The van der Waals surface area contributed by atoms with Crippen LogP contribution in [0.4, 0.5) is 0 Å². The Morgan fingerprint density at radius 1 is 1.41 bits per heavy atom. The summed E-state index contributed by atoms with van der Waals surface area (Å²) in [5.41, 5.74) is 0.312. The number of carbonyl (C=O) groups excluding carboxylic acids is 1. The molecule has 0 bridgehead atoms. The second-order valence-electron chi connectivity index (χ2n) is 8.13. The standard InChI is InChI=1S/C20H29N3O4/c1-22(10-15-3-2-6-21-9-15)12-19(24)23-11-16-13-27-8-5-20(16,25)17-14-26-7-4-18(17)23/h2-3,6,9,16-18,25H,4-5,7-8,10-14H2,1H3/t16-,17+,18-,20-/m0/s1. The first kappa shape index (κ1) is 18.8. The number of aliphatic hydroxyl groups is 1. The monoisotopic (exact) mass is 375 g/mol. The number of nitrogens with zero attached hydrogens (tertiary/aromatic N) is 3. The molecule has 3 aliphatic heterocycles. The summed E-state index contributed by atoms with van der Waals surface area (Å²) in [5, 5.41) is 11.3. The summed E-state index contributed by atoms with van der Waals surface area (Å²) in [6, 6.07) is 3.98. The molecule has 0 saturated carbocycles. The van der Waals surface area contributed by atoms with Crippen LogP contribution in [0.5, 0.6) is 0 Å².